The van der Waals surface area contributed by atoms with Crippen LogP contribution in [-0.2, 0) is 0 Å². The normalized spacial score (nSPS) is 9.93. The van der Waals surface area contributed by atoms with E-state index in [0.29, 0.717) is 16.4 Å². The minimum Gasteiger partial charge on any atom is -0.290 e. The second-order valence-electron chi connectivity index (χ2n) is 2.56. The maximum Gasteiger partial charge on any atom is 0.268 e. The molecule has 0 aliphatic heterocycles. The van der Waals surface area contributed by atoms with Crippen LogP contribution in [0.25, 0.3) is 0 Å². The Balaban J connectivity index is 2.95. The molecule has 1 aromatic rings. The zero-order valence-corrected chi connectivity index (χ0v) is 8.89. The fourth-order valence-electron chi connectivity index (χ4n) is 0.945. The highest BCUT2D eigenvalue weighted by Gasteiger charge is 2.09. The fourth-order valence-corrected chi connectivity index (χ4v) is 1.53. The van der Waals surface area contributed by atoms with E-state index in [9.17, 15) is 4.79 Å². The number of hydrazine groups is 1. The molecule has 0 radical (unpaired) electrons. The van der Waals surface area contributed by atoms with Crippen LogP contribution in [-0.4, -0.2) is 21.6 Å². The largest absolute Gasteiger partial charge is 0.290 e. The molecule has 0 bridgehead atoms. The van der Waals surface area contributed by atoms with Gasteiger partial charge >= 0.3 is 0 Å². The lowest BCUT2D eigenvalue weighted by molar-refractivity contribution is 0.0952. The van der Waals surface area contributed by atoms with E-state index >= 15 is 0 Å². The maximum atomic E-state index is 11.2. The van der Waals surface area contributed by atoms with Gasteiger partial charge in [-0.3, -0.25) is 10.2 Å². The molecule has 0 spiro atoms. The third kappa shape index (κ3) is 2.43. The smallest absolute Gasteiger partial charge is 0.268 e. The van der Waals surface area contributed by atoms with E-state index < -0.39 is 0 Å². The number of hydrogen-bond donors (Lipinski definition) is 2. The molecule has 5 nitrogen and oxygen atoms in total. The lowest BCUT2D eigenvalue weighted by Gasteiger charge is -2.04. The van der Waals surface area contributed by atoms with Crippen molar-refractivity contribution in [1.29, 1.82) is 0 Å². The number of thioether (sulfide) groups is 1. The first kappa shape index (κ1) is 10.9. The quantitative estimate of drug-likeness (QED) is 0.251. The number of hydrogen-bond acceptors (Lipinski definition) is 5. The van der Waals surface area contributed by atoms with E-state index in [0.717, 1.165) is 5.75 Å². The first-order valence-electron chi connectivity index (χ1n) is 4.16. The van der Waals surface area contributed by atoms with E-state index in [1.165, 1.54) is 18.0 Å². The molecule has 0 atom stereocenters. The molecule has 1 aromatic heterocycles. The standard InChI is InChI=1S/C8H12N4OS/c1-3-14-8-10-4-6(5(2)11-8)7(13)12-9/h4H,3,9H2,1-2H3,(H,12,13). The predicted molar refractivity (Wildman–Crippen MR) is 54.8 cm³/mol. The zero-order chi connectivity index (χ0) is 10.6. The molecule has 0 aliphatic rings. The van der Waals surface area contributed by atoms with Crippen LogP contribution >= 0.6 is 11.8 Å². The van der Waals surface area contributed by atoms with Gasteiger partial charge in [-0.2, -0.15) is 0 Å². The molecule has 14 heavy (non-hydrogen) atoms. The van der Waals surface area contributed by atoms with E-state index in [-0.39, 0.29) is 5.91 Å². The topological polar surface area (TPSA) is 80.9 Å². The van der Waals surface area contributed by atoms with E-state index in [2.05, 4.69) is 9.97 Å². The van der Waals surface area contributed by atoms with Gasteiger partial charge in [0.15, 0.2) is 5.16 Å². The van der Waals surface area contributed by atoms with Gasteiger partial charge in [-0.05, 0) is 12.7 Å². The van der Waals surface area contributed by atoms with Crippen LogP contribution in [0.2, 0.25) is 0 Å². The summed E-state index contributed by atoms with van der Waals surface area (Å²) in [5.74, 6) is 5.55. The summed E-state index contributed by atoms with van der Waals surface area (Å²) in [6, 6.07) is 0. The minimum atomic E-state index is -0.365. The van der Waals surface area contributed by atoms with Gasteiger partial charge < -0.3 is 0 Å². The highest BCUT2D eigenvalue weighted by Crippen LogP contribution is 2.13. The van der Waals surface area contributed by atoms with Crippen molar-refractivity contribution in [2.75, 3.05) is 5.75 Å². The lowest BCUT2D eigenvalue weighted by atomic mass is 10.2. The molecule has 6 heteroatoms. The zero-order valence-electron chi connectivity index (χ0n) is 8.07. The Kier molecular flexibility index (Phi) is 3.84. The van der Waals surface area contributed by atoms with Gasteiger partial charge in [-0.15, -0.1) is 0 Å². The van der Waals surface area contributed by atoms with Crippen molar-refractivity contribution in [2.45, 2.75) is 19.0 Å². The van der Waals surface area contributed by atoms with E-state index in [1.54, 1.807) is 6.92 Å². The monoisotopic (exact) mass is 212 g/mol. The highest BCUT2D eigenvalue weighted by atomic mass is 32.2. The number of nitrogens with one attached hydrogen (secondary N) is 1. The summed E-state index contributed by atoms with van der Waals surface area (Å²) in [4.78, 5) is 19.4. The summed E-state index contributed by atoms with van der Waals surface area (Å²) in [6.07, 6.45) is 1.49. The molecule has 3 N–H and O–H groups in total. The van der Waals surface area contributed by atoms with Crippen molar-refractivity contribution in [3.05, 3.63) is 17.5 Å². The third-order valence-electron chi connectivity index (χ3n) is 1.61. The Morgan fingerprint density at radius 3 is 2.93 bits per heavy atom. The van der Waals surface area contributed by atoms with Gasteiger partial charge in [0.25, 0.3) is 5.91 Å². The number of nitrogens with two attached hydrogens (primary N) is 1. The Labute approximate surface area is 86.5 Å². The number of rotatable bonds is 3. The van der Waals surface area contributed by atoms with Gasteiger partial charge in [0, 0.05) is 6.20 Å². The molecule has 1 heterocycles. The number of carbonyl (C=O) groups excluding carboxylic acids is 1. The van der Waals surface area contributed by atoms with Crippen molar-refractivity contribution >= 4 is 17.7 Å². The van der Waals surface area contributed by atoms with Crippen molar-refractivity contribution in [3.8, 4) is 0 Å². The maximum absolute atomic E-state index is 11.2. The molecule has 1 rings (SSSR count). The number of carbonyl (C=O) groups is 1. The molecule has 0 aliphatic carbocycles. The number of nitrogen functional groups attached to an aromatic ring is 1. The average molecular weight is 212 g/mol. The van der Waals surface area contributed by atoms with Crippen molar-refractivity contribution in [1.82, 2.24) is 15.4 Å². The summed E-state index contributed by atoms with van der Waals surface area (Å²) < 4.78 is 0. The van der Waals surface area contributed by atoms with Crippen LogP contribution in [0.15, 0.2) is 11.4 Å². The molecule has 0 saturated heterocycles. The van der Waals surface area contributed by atoms with E-state index in [4.69, 9.17) is 5.84 Å². The van der Waals surface area contributed by atoms with Gasteiger partial charge in [0.05, 0.1) is 11.3 Å². The lowest BCUT2D eigenvalue weighted by Crippen LogP contribution is -2.30. The SMILES string of the molecule is CCSc1ncc(C(=O)NN)c(C)n1. The van der Waals surface area contributed by atoms with Crippen LogP contribution in [0.4, 0.5) is 0 Å². The molecule has 0 saturated carbocycles. The van der Waals surface area contributed by atoms with Crippen molar-refractivity contribution < 1.29 is 4.79 Å². The van der Waals surface area contributed by atoms with Gasteiger partial charge in [-0.1, -0.05) is 18.7 Å². The Hall–Kier alpha value is -1.14. The van der Waals surface area contributed by atoms with Crippen LogP contribution in [0, 0.1) is 6.92 Å². The summed E-state index contributed by atoms with van der Waals surface area (Å²) in [5.41, 5.74) is 3.10. The second kappa shape index (κ2) is 4.92. The molecule has 0 fully saturated rings. The summed E-state index contributed by atoms with van der Waals surface area (Å²) in [6.45, 7) is 3.77. The second-order valence-corrected chi connectivity index (χ2v) is 3.79. The Morgan fingerprint density at radius 2 is 2.43 bits per heavy atom. The first-order chi connectivity index (χ1) is 6.69. The predicted octanol–water partition coefficient (Wildman–Crippen LogP) is 0.501. The molecule has 76 valence electrons. The molecule has 0 aromatic carbocycles. The van der Waals surface area contributed by atoms with Crippen LogP contribution in [0.5, 0.6) is 0 Å². The Morgan fingerprint density at radius 1 is 1.71 bits per heavy atom. The van der Waals surface area contributed by atoms with Gasteiger partial charge in [-0.25, -0.2) is 15.8 Å². The average Bonchev–Trinajstić information content (AvgIpc) is 2.17. The summed E-state index contributed by atoms with van der Waals surface area (Å²) in [7, 11) is 0. The number of aryl methyl sites for hydroxylation is 1. The van der Waals surface area contributed by atoms with Crippen LogP contribution < -0.4 is 11.3 Å². The summed E-state index contributed by atoms with van der Waals surface area (Å²) in [5, 5.41) is 0.679. The number of nitrogens with zero attached hydrogens (tertiary/aromatic N) is 2. The van der Waals surface area contributed by atoms with Crippen LogP contribution in [0.1, 0.15) is 23.0 Å². The Bertz CT molecular complexity index is 342. The minimum absolute atomic E-state index is 0.365. The van der Waals surface area contributed by atoms with Crippen molar-refractivity contribution in [2.24, 2.45) is 5.84 Å². The van der Waals surface area contributed by atoms with Crippen molar-refractivity contribution in [3.63, 3.8) is 0 Å². The van der Waals surface area contributed by atoms with E-state index in [1.807, 2.05) is 12.3 Å². The number of aromatic nitrogens is 2. The molecule has 1 amide bonds. The molecular weight excluding hydrogens is 200 g/mol. The first-order valence-corrected chi connectivity index (χ1v) is 5.15. The third-order valence-corrected chi connectivity index (χ3v) is 2.35. The van der Waals surface area contributed by atoms with Gasteiger partial charge in [0.2, 0.25) is 0 Å². The number of amides is 1. The van der Waals surface area contributed by atoms with Crippen LogP contribution in [0.3, 0.4) is 0 Å². The summed E-state index contributed by atoms with van der Waals surface area (Å²) >= 11 is 1.53. The molecular formula is C8H12N4OS. The molecule has 0 unspecified atom stereocenters. The highest BCUT2D eigenvalue weighted by molar-refractivity contribution is 7.99. The fraction of sp³-hybridized carbons (Fsp3) is 0.375. The van der Waals surface area contributed by atoms with Gasteiger partial charge in [0.1, 0.15) is 0 Å².